The van der Waals surface area contributed by atoms with Gasteiger partial charge in [0.2, 0.25) is 5.95 Å². The Balaban J connectivity index is 1.67. The van der Waals surface area contributed by atoms with Gasteiger partial charge in [-0.25, -0.2) is 4.98 Å². The monoisotopic (exact) mass is 515 g/mol. The van der Waals surface area contributed by atoms with Crippen LogP contribution in [0.3, 0.4) is 0 Å². The van der Waals surface area contributed by atoms with Gasteiger partial charge in [-0.15, -0.1) is 0 Å². The Kier molecular flexibility index (Phi) is 10.8. The molecule has 0 radical (unpaired) electrons. The summed E-state index contributed by atoms with van der Waals surface area (Å²) in [6.45, 7) is 6.14. The van der Waals surface area contributed by atoms with Gasteiger partial charge in [-0.1, -0.05) is 19.4 Å². The van der Waals surface area contributed by atoms with Crippen molar-refractivity contribution in [1.29, 1.82) is 0 Å². The first kappa shape index (κ1) is 28.5. The molecule has 1 aromatic carbocycles. The number of benzene rings is 1. The molecule has 1 aliphatic rings. The van der Waals surface area contributed by atoms with Crippen molar-refractivity contribution >= 4 is 17.7 Å². The molecule has 1 saturated heterocycles. The van der Waals surface area contributed by atoms with Gasteiger partial charge in [0.1, 0.15) is 23.4 Å². The average molecular weight is 516 g/mol. The number of nitrogens with one attached hydrogen (secondary N) is 1. The van der Waals surface area contributed by atoms with E-state index in [9.17, 15) is 15.0 Å². The van der Waals surface area contributed by atoms with Crippen LogP contribution in [0.4, 0.5) is 11.8 Å². The van der Waals surface area contributed by atoms with Crippen LogP contribution in [0.25, 0.3) is 0 Å². The normalized spacial score (nSPS) is 16.5. The molecule has 10 heteroatoms. The number of carboxylic acids is 1. The summed E-state index contributed by atoms with van der Waals surface area (Å²) in [6.07, 6.45) is 5.45. The molecular weight excluding hydrogens is 474 g/mol. The predicted molar refractivity (Wildman–Crippen MR) is 143 cm³/mol. The lowest BCUT2D eigenvalue weighted by Crippen LogP contribution is -2.36. The fraction of sp³-hybridized carbons (Fsp3) is 0.593. The Morgan fingerprint density at radius 2 is 2.14 bits per heavy atom. The highest BCUT2D eigenvalue weighted by molar-refractivity contribution is 5.73. The number of nitrogens with two attached hydrogens (primary N) is 1. The van der Waals surface area contributed by atoms with Crippen LogP contribution in [0, 0.1) is 6.92 Å². The average Bonchev–Trinajstić information content (AvgIpc) is 3.34. The molecule has 1 aliphatic heterocycles. The minimum Gasteiger partial charge on any atom is -0.496 e. The van der Waals surface area contributed by atoms with Crippen LogP contribution < -0.4 is 20.5 Å². The maximum absolute atomic E-state index is 11.4. The number of nitrogens with zero attached hydrogens (tertiary/aromatic N) is 3. The van der Waals surface area contributed by atoms with E-state index in [1.165, 1.54) is 0 Å². The van der Waals surface area contributed by atoms with Gasteiger partial charge in [-0.2, -0.15) is 4.98 Å². The van der Waals surface area contributed by atoms with E-state index in [4.69, 9.17) is 15.2 Å². The SMILES string of the molecule is CCCC(CCO)Nc1nc(N)nc(C)c1Cc1ccc(OCCCN2CCCC2C(=O)O)cc1OC. The Morgan fingerprint density at radius 1 is 1.32 bits per heavy atom. The van der Waals surface area contributed by atoms with E-state index in [0.29, 0.717) is 49.7 Å². The lowest BCUT2D eigenvalue weighted by Gasteiger charge is -2.22. The molecular formula is C27H41N5O5. The summed E-state index contributed by atoms with van der Waals surface area (Å²) in [5.74, 6) is 1.55. The zero-order valence-corrected chi connectivity index (χ0v) is 22.2. The van der Waals surface area contributed by atoms with Crippen molar-refractivity contribution in [2.24, 2.45) is 0 Å². The number of carbonyl (C=O) groups is 1. The molecule has 0 saturated carbocycles. The van der Waals surface area contributed by atoms with Crippen molar-refractivity contribution in [2.45, 2.75) is 70.9 Å². The number of hydrogen-bond donors (Lipinski definition) is 4. The first-order chi connectivity index (χ1) is 17.9. The molecule has 2 heterocycles. The maximum atomic E-state index is 11.4. The quantitative estimate of drug-likeness (QED) is 0.261. The minimum absolute atomic E-state index is 0.0893. The van der Waals surface area contributed by atoms with Crippen molar-refractivity contribution in [1.82, 2.24) is 14.9 Å². The van der Waals surface area contributed by atoms with E-state index < -0.39 is 5.97 Å². The Morgan fingerprint density at radius 3 is 2.84 bits per heavy atom. The number of rotatable bonds is 15. The van der Waals surface area contributed by atoms with Gasteiger partial charge in [-0.3, -0.25) is 9.69 Å². The van der Waals surface area contributed by atoms with Crippen LogP contribution in [-0.4, -0.2) is 76.5 Å². The summed E-state index contributed by atoms with van der Waals surface area (Å²) >= 11 is 0. The summed E-state index contributed by atoms with van der Waals surface area (Å²) in [5.41, 5.74) is 8.64. The second-order valence-corrected chi connectivity index (χ2v) is 9.52. The van der Waals surface area contributed by atoms with Gasteiger partial charge in [0.15, 0.2) is 0 Å². The largest absolute Gasteiger partial charge is 0.496 e. The van der Waals surface area contributed by atoms with E-state index in [1.807, 2.05) is 30.0 Å². The van der Waals surface area contributed by atoms with Gasteiger partial charge in [0, 0.05) is 42.9 Å². The van der Waals surface area contributed by atoms with Crippen LogP contribution in [-0.2, 0) is 11.2 Å². The topological polar surface area (TPSA) is 143 Å². The van der Waals surface area contributed by atoms with Crippen molar-refractivity contribution in [3.05, 3.63) is 35.0 Å². The van der Waals surface area contributed by atoms with Crippen molar-refractivity contribution in [3.8, 4) is 11.5 Å². The Labute approximate surface area is 219 Å². The molecule has 1 fully saturated rings. The van der Waals surface area contributed by atoms with Crippen LogP contribution >= 0.6 is 0 Å². The van der Waals surface area contributed by atoms with Gasteiger partial charge < -0.3 is 30.7 Å². The Bertz CT molecular complexity index is 1030. The van der Waals surface area contributed by atoms with E-state index in [-0.39, 0.29) is 24.6 Å². The molecule has 2 atom stereocenters. The summed E-state index contributed by atoms with van der Waals surface area (Å²) < 4.78 is 11.6. The van der Waals surface area contributed by atoms with E-state index in [0.717, 1.165) is 49.0 Å². The lowest BCUT2D eigenvalue weighted by atomic mass is 10.0. The molecule has 0 spiro atoms. The number of carboxylic acid groups (broad SMARTS) is 1. The summed E-state index contributed by atoms with van der Waals surface area (Å²) in [4.78, 5) is 22.2. The standard InChI is InChI=1S/C27H41N5O5/c1-4-7-20(11-14-33)30-25-22(18(2)29-27(28)31-25)16-19-9-10-21(17-24(19)36-3)37-15-6-13-32-12-5-8-23(32)26(34)35/h9-10,17,20,23,33H,4-8,11-16H2,1-3H3,(H,34,35)(H3,28,29,30,31). The zero-order valence-electron chi connectivity index (χ0n) is 22.2. The number of nitrogen functional groups attached to an aromatic ring is 1. The van der Waals surface area contributed by atoms with Gasteiger partial charge in [0.05, 0.1) is 13.7 Å². The molecule has 0 aliphatic carbocycles. The number of methoxy groups -OCH3 is 1. The maximum Gasteiger partial charge on any atom is 0.320 e. The third-order valence-corrected chi connectivity index (χ3v) is 6.82. The van der Waals surface area contributed by atoms with E-state index in [1.54, 1.807) is 7.11 Å². The first-order valence-corrected chi connectivity index (χ1v) is 13.1. The molecule has 204 valence electrons. The number of aliphatic hydroxyl groups is 1. The third kappa shape index (κ3) is 7.93. The van der Waals surface area contributed by atoms with Gasteiger partial charge in [0.25, 0.3) is 0 Å². The zero-order chi connectivity index (χ0) is 26.8. The highest BCUT2D eigenvalue weighted by atomic mass is 16.5. The summed E-state index contributed by atoms with van der Waals surface area (Å²) in [7, 11) is 1.63. The van der Waals surface area contributed by atoms with Gasteiger partial charge >= 0.3 is 5.97 Å². The smallest absolute Gasteiger partial charge is 0.320 e. The molecule has 0 amide bonds. The van der Waals surface area contributed by atoms with E-state index in [2.05, 4.69) is 22.2 Å². The third-order valence-electron chi connectivity index (χ3n) is 6.82. The summed E-state index contributed by atoms with van der Waals surface area (Å²) in [5, 5.41) is 22.3. The number of ether oxygens (including phenoxy) is 2. The van der Waals surface area contributed by atoms with Crippen LogP contribution in [0.1, 0.15) is 62.3 Å². The Hall–Kier alpha value is -3.11. The number of likely N-dealkylation sites (tertiary alicyclic amines) is 1. The number of aliphatic hydroxyl groups excluding tert-OH is 1. The molecule has 2 aromatic rings. The molecule has 1 aromatic heterocycles. The van der Waals surface area contributed by atoms with Crippen molar-refractivity contribution in [2.75, 3.05) is 44.5 Å². The van der Waals surface area contributed by atoms with Crippen molar-refractivity contribution < 1.29 is 24.5 Å². The number of hydrogen-bond acceptors (Lipinski definition) is 9. The molecule has 10 nitrogen and oxygen atoms in total. The number of aliphatic carboxylic acids is 1. The molecule has 0 bridgehead atoms. The number of anilines is 2. The van der Waals surface area contributed by atoms with E-state index >= 15 is 0 Å². The van der Waals surface area contributed by atoms with Crippen molar-refractivity contribution in [3.63, 3.8) is 0 Å². The minimum atomic E-state index is -0.742. The van der Waals surface area contributed by atoms with Gasteiger partial charge in [-0.05, 0) is 57.2 Å². The lowest BCUT2D eigenvalue weighted by molar-refractivity contribution is -0.142. The second-order valence-electron chi connectivity index (χ2n) is 9.52. The number of aromatic nitrogens is 2. The van der Waals surface area contributed by atoms with Crippen LogP contribution in [0.5, 0.6) is 11.5 Å². The second kappa shape index (κ2) is 14.0. The van der Waals surface area contributed by atoms with Crippen LogP contribution in [0.15, 0.2) is 18.2 Å². The predicted octanol–water partition coefficient (Wildman–Crippen LogP) is 3.25. The fourth-order valence-electron chi connectivity index (χ4n) is 4.92. The fourth-order valence-corrected chi connectivity index (χ4v) is 4.92. The molecule has 37 heavy (non-hydrogen) atoms. The molecule has 3 rings (SSSR count). The molecule has 2 unspecified atom stereocenters. The van der Waals surface area contributed by atoms with Crippen LogP contribution in [0.2, 0.25) is 0 Å². The highest BCUT2D eigenvalue weighted by Crippen LogP contribution is 2.30. The highest BCUT2D eigenvalue weighted by Gasteiger charge is 2.29. The molecule has 5 N–H and O–H groups in total. The first-order valence-electron chi connectivity index (χ1n) is 13.1. The number of aryl methyl sites for hydroxylation is 1. The summed E-state index contributed by atoms with van der Waals surface area (Å²) in [6, 6.07) is 5.48.